The highest BCUT2D eigenvalue weighted by Crippen LogP contribution is 2.39. The molecule has 0 radical (unpaired) electrons. The largest absolute Gasteiger partial charge is 0.343 e. The fraction of sp³-hybridized carbons (Fsp3) is 0.429. The topological polar surface area (TPSA) is 52.7 Å². The lowest BCUT2D eigenvalue weighted by atomic mass is 9.71. The first-order valence-electron chi connectivity index (χ1n) is 14.8. The molecule has 2 heterocycles. The molecule has 0 aliphatic carbocycles. The number of aryl methyl sites for hydroxylation is 2. The van der Waals surface area contributed by atoms with Crippen LogP contribution < -0.4 is 5.32 Å². The van der Waals surface area contributed by atoms with Crippen molar-refractivity contribution in [2.75, 3.05) is 26.2 Å². The van der Waals surface area contributed by atoms with Gasteiger partial charge in [0.1, 0.15) is 0 Å². The number of amides is 2. The van der Waals surface area contributed by atoms with Gasteiger partial charge in [0.05, 0.1) is 5.41 Å². The van der Waals surface area contributed by atoms with Crippen molar-refractivity contribution in [3.8, 4) is 0 Å². The van der Waals surface area contributed by atoms with Gasteiger partial charge in [-0.3, -0.25) is 9.59 Å². The van der Waals surface area contributed by atoms with E-state index in [2.05, 4.69) is 98.6 Å². The van der Waals surface area contributed by atoms with Crippen LogP contribution in [0.5, 0.6) is 0 Å². The highest BCUT2D eigenvalue weighted by Gasteiger charge is 2.46. The van der Waals surface area contributed by atoms with Gasteiger partial charge in [-0.15, -0.1) is 0 Å². The van der Waals surface area contributed by atoms with Gasteiger partial charge in [-0.1, -0.05) is 78.9 Å². The van der Waals surface area contributed by atoms with Gasteiger partial charge >= 0.3 is 0 Å². The van der Waals surface area contributed by atoms with Crippen molar-refractivity contribution >= 4 is 11.8 Å². The second-order valence-electron chi connectivity index (χ2n) is 12.0. The van der Waals surface area contributed by atoms with Crippen LogP contribution in [0.15, 0.2) is 78.9 Å². The van der Waals surface area contributed by atoms with Gasteiger partial charge in [0.25, 0.3) is 0 Å². The molecule has 5 heteroatoms. The lowest BCUT2D eigenvalue weighted by Crippen LogP contribution is -2.61. The van der Waals surface area contributed by atoms with Crippen LogP contribution in [0.3, 0.4) is 0 Å². The van der Waals surface area contributed by atoms with Crippen LogP contribution >= 0.6 is 0 Å². The molecular weight excluding hydrogens is 494 g/mol. The third-order valence-corrected chi connectivity index (χ3v) is 9.06. The summed E-state index contributed by atoms with van der Waals surface area (Å²) in [6, 6.07) is 27.6. The van der Waals surface area contributed by atoms with E-state index in [4.69, 9.17) is 0 Å². The number of piperidine rings is 1. The molecule has 40 heavy (non-hydrogen) atoms. The maximum Gasteiger partial charge on any atom is 0.233 e. The highest BCUT2D eigenvalue weighted by molar-refractivity contribution is 5.89. The van der Waals surface area contributed by atoms with Gasteiger partial charge in [0.15, 0.2) is 0 Å². The van der Waals surface area contributed by atoms with Gasteiger partial charge < -0.3 is 15.1 Å². The zero-order valence-electron chi connectivity index (χ0n) is 24.4. The summed E-state index contributed by atoms with van der Waals surface area (Å²) in [4.78, 5) is 32.2. The number of piperazine rings is 1. The zero-order chi connectivity index (χ0) is 28.3. The summed E-state index contributed by atoms with van der Waals surface area (Å²) in [6.07, 6.45) is 1.72. The fourth-order valence-corrected chi connectivity index (χ4v) is 6.96. The first-order chi connectivity index (χ1) is 19.3. The third-order valence-electron chi connectivity index (χ3n) is 9.06. The van der Waals surface area contributed by atoms with Crippen molar-refractivity contribution in [2.45, 2.75) is 70.4 Å². The van der Waals surface area contributed by atoms with E-state index in [0.29, 0.717) is 32.4 Å². The van der Waals surface area contributed by atoms with E-state index in [-0.39, 0.29) is 29.8 Å². The summed E-state index contributed by atoms with van der Waals surface area (Å²) in [7, 11) is 0. The summed E-state index contributed by atoms with van der Waals surface area (Å²) in [5.41, 5.74) is 5.30. The smallest absolute Gasteiger partial charge is 0.233 e. The average molecular weight is 538 g/mol. The average Bonchev–Trinajstić information content (AvgIpc) is 2.96. The Bertz CT molecular complexity index is 1270. The van der Waals surface area contributed by atoms with Crippen LogP contribution in [-0.4, -0.2) is 59.9 Å². The van der Waals surface area contributed by atoms with Crippen molar-refractivity contribution in [1.29, 1.82) is 0 Å². The summed E-state index contributed by atoms with van der Waals surface area (Å²) < 4.78 is 0. The van der Waals surface area contributed by atoms with Crippen LogP contribution in [0.2, 0.25) is 0 Å². The first-order valence-corrected chi connectivity index (χ1v) is 14.8. The second-order valence-corrected chi connectivity index (χ2v) is 12.0. The molecule has 0 spiro atoms. The molecule has 2 amide bonds. The standard InChI is InChI=1S/C35H43N3O2/c1-25-12-8-10-16-30(25)32(31-17-11-9-13-26(31)2)22-33(39)37-20-18-35(19-21-37,29-14-6-5-7-15-29)34(40)38-23-27(3)36-28(4)24-38/h5-17,27-28,32,36H,18-24H2,1-4H3. The van der Waals surface area contributed by atoms with E-state index >= 15 is 0 Å². The summed E-state index contributed by atoms with van der Waals surface area (Å²) >= 11 is 0. The molecule has 2 fully saturated rings. The zero-order valence-corrected chi connectivity index (χ0v) is 24.4. The molecule has 2 atom stereocenters. The number of carbonyl (C=O) groups excluding carboxylic acids is 2. The van der Waals surface area contributed by atoms with E-state index in [9.17, 15) is 9.59 Å². The molecule has 0 saturated carbocycles. The maximum atomic E-state index is 14.3. The molecular formula is C35H43N3O2. The predicted molar refractivity (Wildman–Crippen MR) is 161 cm³/mol. The molecule has 0 aromatic heterocycles. The Hall–Kier alpha value is -3.44. The highest BCUT2D eigenvalue weighted by atomic mass is 16.2. The van der Waals surface area contributed by atoms with Crippen molar-refractivity contribution in [2.24, 2.45) is 0 Å². The molecule has 5 nitrogen and oxygen atoms in total. The molecule has 2 aliphatic rings. The number of nitrogens with zero attached hydrogens (tertiary/aromatic N) is 2. The Morgan fingerprint density at radius 1 is 0.775 bits per heavy atom. The van der Waals surface area contributed by atoms with Crippen molar-refractivity contribution in [3.05, 3.63) is 107 Å². The Kier molecular flexibility index (Phi) is 8.41. The van der Waals surface area contributed by atoms with Crippen molar-refractivity contribution in [3.63, 3.8) is 0 Å². The Balaban J connectivity index is 1.38. The number of benzene rings is 3. The van der Waals surface area contributed by atoms with Crippen molar-refractivity contribution in [1.82, 2.24) is 15.1 Å². The van der Waals surface area contributed by atoms with E-state index in [0.717, 1.165) is 18.7 Å². The van der Waals surface area contributed by atoms with Crippen LogP contribution in [0.25, 0.3) is 0 Å². The van der Waals surface area contributed by atoms with E-state index < -0.39 is 5.41 Å². The van der Waals surface area contributed by atoms with E-state index in [1.54, 1.807) is 0 Å². The third kappa shape index (κ3) is 5.71. The van der Waals surface area contributed by atoms with Crippen LogP contribution in [0, 0.1) is 13.8 Å². The number of nitrogens with one attached hydrogen (secondary N) is 1. The fourth-order valence-electron chi connectivity index (χ4n) is 6.96. The maximum absolute atomic E-state index is 14.3. The second kappa shape index (κ2) is 12.0. The van der Waals surface area contributed by atoms with E-state index in [1.807, 2.05) is 23.1 Å². The first kappa shape index (κ1) is 28.1. The molecule has 0 bridgehead atoms. The Labute approximate surface area is 239 Å². The molecule has 2 aliphatic heterocycles. The number of hydrogen-bond acceptors (Lipinski definition) is 3. The number of rotatable bonds is 6. The molecule has 2 saturated heterocycles. The normalized spacial score (nSPS) is 20.9. The number of likely N-dealkylation sites (tertiary alicyclic amines) is 1. The minimum absolute atomic E-state index is 0.00108. The monoisotopic (exact) mass is 537 g/mol. The lowest BCUT2D eigenvalue weighted by Gasteiger charge is -2.46. The summed E-state index contributed by atoms with van der Waals surface area (Å²) in [5, 5.41) is 3.55. The number of hydrogen-bond donors (Lipinski definition) is 1. The SMILES string of the molecule is Cc1ccccc1C(CC(=O)N1CCC(C(=O)N2CC(C)NC(C)C2)(c2ccccc2)CC1)c1ccccc1C. The number of carbonyl (C=O) groups is 2. The van der Waals surface area contributed by atoms with Crippen molar-refractivity contribution < 1.29 is 9.59 Å². The molecule has 2 unspecified atom stereocenters. The molecule has 5 rings (SSSR count). The molecule has 1 N–H and O–H groups in total. The molecule has 3 aromatic rings. The minimum Gasteiger partial charge on any atom is -0.343 e. The predicted octanol–water partition coefficient (Wildman–Crippen LogP) is 5.59. The van der Waals surface area contributed by atoms with E-state index in [1.165, 1.54) is 22.3 Å². The molecule has 3 aromatic carbocycles. The van der Waals surface area contributed by atoms with Gasteiger partial charge in [0, 0.05) is 50.6 Å². The lowest BCUT2D eigenvalue weighted by molar-refractivity contribution is -0.144. The van der Waals surface area contributed by atoms with Gasteiger partial charge in [-0.2, -0.15) is 0 Å². The quantitative estimate of drug-likeness (QED) is 0.446. The van der Waals surface area contributed by atoms with Crippen LogP contribution in [0.1, 0.15) is 66.8 Å². The summed E-state index contributed by atoms with van der Waals surface area (Å²) in [5.74, 6) is 0.375. The van der Waals surface area contributed by atoms with Crippen LogP contribution in [0.4, 0.5) is 0 Å². The minimum atomic E-state index is -0.597. The summed E-state index contributed by atoms with van der Waals surface area (Å²) in [6.45, 7) is 11.2. The van der Waals surface area contributed by atoms with Gasteiger partial charge in [0.2, 0.25) is 11.8 Å². The molecule has 210 valence electrons. The van der Waals surface area contributed by atoms with Gasteiger partial charge in [-0.05, 0) is 68.4 Å². The Morgan fingerprint density at radius 2 is 1.27 bits per heavy atom. The van der Waals surface area contributed by atoms with Crippen LogP contribution in [-0.2, 0) is 15.0 Å². The Morgan fingerprint density at radius 3 is 1.80 bits per heavy atom. The van der Waals surface area contributed by atoms with Gasteiger partial charge in [-0.25, -0.2) is 0 Å².